The molecule has 0 unspecified atom stereocenters. The molecule has 0 N–H and O–H groups in total. The average molecular weight is 370 g/mol. The van der Waals surface area contributed by atoms with Crippen LogP contribution in [-0.4, -0.2) is 19.8 Å². The van der Waals surface area contributed by atoms with E-state index in [0.717, 1.165) is 0 Å². The van der Waals surface area contributed by atoms with Crippen LogP contribution in [0.4, 0.5) is 0 Å². The summed E-state index contributed by atoms with van der Waals surface area (Å²) in [7, 11) is 0. The van der Waals surface area contributed by atoms with Gasteiger partial charge in [-0.05, 0) is 0 Å². The molecular weight excluding hydrogens is 342 g/mol. The summed E-state index contributed by atoms with van der Waals surface area (Å²) in [5.74, 6) is 0.986. The van der Waals surface area contributed by atoms with Crippen LogP contribution < -0.4 is 15.3 Å². The van der Waals surface area contributed by atoms with Crippen LogP contribution in [0.3, 0.4) is 0 Å². The van der Waals surface area contributed by atoms with Gasteiger partial charge in [-0.1, -0.05) is 59.3 Å². The molecule has 3 nitrogen and oxygen atoms in total. The molecule has 0 fully saturated rings. The molecule has 0 aliphatic heterocycles. The largest absolute Gasteiger partial charge is 3.00 e. The van der Waals surface area contributed by atoms with Crippen molar-refractivity contribution in [3.63, 3.8) is 0 Å². The van der Waals surface area contributed by atoms with Gasteiger partial charge in [0.25, 0.3) is 0 Å². The Bertz CT molecular complexity index is 77.2. The first-order chi connectivity index (χ1) is 6.81. The SMILES string of the molecule is CC(C)C[O-].CC(C)C[O-].CC(C)C[O-].[Sm+3]. The van der Waals surface area contributed by atoms with Crippen molar-refractivity contribution in [3.8, 4) is 0 Å². The smallest absolute Gasteiger partial charge is 0.854 e. The van der Waals surface area contributed by atoms with Crippen molar-refractivity contribution >= 4 is 0 Å². The Morgan fingerprint density at radius 3 is 0.625 bits per heavy atom. The Morgan fingerprint density at radius 2 is 0.625 bits per heavy atom. The van der Waals surface area contributed by atoms with Gasteiger partial charge < -0.3 is 15.3 Å². The third kappa shape index (κ3) is 59.0. The van der Waals surface area contributed by atoms with E-state index in [1.807, 2.05) is 41.5 Å². The van der Waals surface area contributed by atoms with Crippen LogP contribution in [0.5, 0.6) is 0 Å². The van der Waals surface area contributed by atoms with Gasteiger partial charge in [-0.15, -0.1) is 19.8 Å². The maximum Gasteiger partial charge on any atom is 3.00 e. The van der Waals surface area contributed by atoms with E-state index in [9.17, 15) is 15.3 Å². The fourth-order valence-corrected chi connectivity index (χ4v) is 0. The molecule has 0 aromatic heterocycles. The Morgan fingerprint density at radius 1 is 0.562 bits per heavy atom. The first-order valence-electron chi connectivity index (χ1n) is 5.55. The first kappa shape index (κ1) is 25.9. The van der Waals surface area contributed by atoms with E-state index in [1.165, 1.54) is 0 Å². The molecule has 0 spiro atoms. The number of hydrogen-bond donors (Lipinski definition) is 0. The molecule has 1 radical (unpaired) electrons. The molecule has 0 aliphatic rings. The second-order valence-electron chi connectivity index (χ2n) is 4.68. The molecule has 0 amide bonds. The van der Waals surface area contributed by atoms with E-state index >= 15 is 0 Å². The average Bonchev–Trinajstić information content (AvgIpc) is 2.19. The summed E-state index contributed by atoms with van der Waals surface area (Å²) in [6.45, 7) is 11.6. The van der Waals surface area contributed by atoms with E-state index in [-0.39, 0.29) is 60.2 Å². The molecule has 0 saturated heterocycles. The molecule has 4 heteroatoms. The molecule has 99 valence electrons. The van der Waals surface area contributed by atoms with Gasteiger partial charge in [0.15, 0.2) is 0 Å². The van der Waals surface area contributed by atoms with Gasteiger partial charge >= 0.3 is 40.4 Å². The normalized spacial score (nSPS) is 9.00. The quantitative estimate of drug-likeness (QED) is 0.703. The minimum absolute atomic E-state index is 0. The van der Waals surface area contributed by atoms with E-state index < -0.39 is 0 Å². The summed E-state index contributed by atoms with van der Waals surface area (Å²) in [5.41, 5.74) is 0. The predicted molar refractivity (Wildman–Crippen MR) is 59.1 cm³/mol. The summed E-state index contributed by atoms with van der Waals surface area (Å²) in [6, 6.07) is 0. The predicted octanol–water partition coefficient (Wildman–Crippen LogP) is 0.00810. The second kappa shape index (κ2) is 21.5. The van der Waals surface area contributed by atoms with Crippen molar-refractivity contribution in [2.75, 3.05) is 19.8 Å². The van der Waals surface area contributed by atoms with Crippen LogP contribution in [0.1, 0.15) is 41.5 Å². The summed E-state index contributed by atoms with van der Waals surface area (Å²) in [4.78, 5) is 0. The molecule has 0 aromatic carbocycles. The maximum absolute atomic E-state index is 9.63. The number of hydrogen-bond acceptors (Lipinski definition) is 3. The van der Waals surface area contributed by atoms with Crippen LogP contribution >= 0.6 is 0 Å². The van der Waals surface area contributed by atoms with E-state index in [2.05, 4.69) is 0 Å². The van der Waals surface area contributed by atoms with Gasteiger partial charge in [-0.2, -0.15) is 0 Å². The Labute approximate surface area is 134 Å². The van der Waals surface area contributed by atoms with Gasteiger partial charge in [0, 0.05) is 0 Å². The van der Waals surface area contributed by atoms with E-state index in [1.54, 1.807) is 0 Å². The van der Waals surface area contributed by atoms with Crippen molar-refractivity contribution in [1.82, 2.24) is 0 Å². The Kier molecular flexibility index (Phi) is 34.8. The third-order valence-electron chi connectivity index (χ3n) is 1.00. The zero-order valence-electron chi connectivity index (χ0n) is 11.5. The van der Waals surface area contributed by atoms with Gasteiger partial charge in [0.05, 0.1) is 0 Å². The fraction of sp³-hybridized carbons (Fsp3) is 1.00. The molecule has 0 aromatic rings. The molecule has 0 bridgehead atoms. The van der Waals surface area contributed by atoms with Crippen LogP contribution in [0.2, 0.25) is 0 Å². The molecule has 0 rings (SSSR count). The standard InChI is InChI=1S/3C4H9O.Sm/c3*1-4(2)3-5;/h3*4H,3H2,1-2H3;/q3*-1;+3. The van der Waals surface area contributed by atoms with Crippen LogP contribution in [0.15, 0.2) is 0 Å². The Hall–Kier alpha value is 1.22. The molecule has 0 atom stereocenters. The summed E-state index contributed by atoms with van der Waals surface area (Å²) < 4.78 is 0. The van der Waals surface area contributed by atoms with E-state index in [4.69, 9.17) is 0 Å². The van der Waals surface area contributed by atoms with Crippen molar-refractivity contribution < 1.29 is 55.7 Å². The van der Waals surface area contributed by atoms with Crippen molar-refractivity contribution in [1.29, 1.82) is 0 Å². The molecule has 0 aliphatic carbocycles. The minimum atomic E-state index is 0. The molecule has 0 saturated carbocycles. The summed E-state index contributed by atoms with van der Waals surface area (Å²) >= 11 is 0. The van der Waals surface area contributed by atoms with Crippen molar-refractivity contribution in [3.05, 3.63) is 0 Å². The summed E-state index contributed by atoms with van der Waals surface area (Å²) in [6.07, 6.45) is 0. The van der Waals surface area contributed by atoms with Crippen LogP contribution in [-0.2, 0) is 0 Å². The Balaban J connectivity index is -0.0000000655. The van der Waals surface area contributed by atoms with Gasteiger partial charge in [0.1, 0.15) is 0 Å². The van der Waals surface area contributed by atoms with E-state index in [0.29, 0.717) is 17.8 Å². The van der Waals surface area contributed by atoms with Crippen molar-refractivity contribution in [2.24, 2.45) is 17.8 Å². The molecular formula is C12H27O3Sm. The second-order valence-corrected chi connectivity index (χ2v) is 4.68. The number of rotatable bonds is 3. The van der Waals surface area contributed by atoms with Gasteiger partial charge in [-0.25, -0.2) is 0 Å². The zero-order valence-corrected chi connectivity index (χ0v) is 14.1. The van der Waals surface area contributed by atoms with Crippen LogP contribution in [0, 0.1) is 58.1 Å². The molecule has 0 heterocycles. The maximum atomic E-state index is 9.63. The van der Waals surface area contributed by atoms with Crippen molar-refractivity contribution in [2.45, 2.75) is 41.5 Å². The molecule has 16 heavy (non-hydrogen) atoms. The topological polar surface area (TPSA) is 69.2 Å². The monoisotopic (exact) mass is 371 g/mol. The van der Waals surface area contributed by atoms with Gasteiger partial charge in [0.2, 0.25) is 0 Å². The zero-order chi connectivity index (χ0) is 12.9. The fourth-order valence-electron chi connectivity index (χ4n) is 0. The third-order valence-corrected chi connectivity index (χ3v) is 1.00. The van der Waals surface area contributed by atoms with Crippen LogP contribution in [0.25, 0.3) is 0 Å². The minimum Gasteiger partial charge on any atom is -0.854 e. The summed E-state index contributed by atoms with van der Waals surface area (Å²) in [5, 5.41) is 28.9. The first-order valence-corrected chi connectivity index (χ1v) is 5.55. The van der Waals surface area contributed by atoms with Gasteiger partial charge in [-0.3, -0.25) is 0 Å².